The van der Waals surface area contributed by atoms with Crippen LogP contribution < -0.4 is 10.4 Å². The van der Waals surface area contributed by atoms with Gasteiger partial charge in [-0.3, -0.25) is 14.6 Å². The molecule has 0 saturated heterocycles. The molecule has 0 spiro atoms. The molecule has 0 bridgehead atoms. The van der Waals surface area contributed by atoms with Crippen molar-refractivity contribution in [2.75, 3.05) is 5.32 Å². The fourth-order valence-corrected chi connectivity index (χ4v) is 6.61. The molecule has 0 fully saturated rings. The topological polar surface area (TPSA) is 139 Å². The first kappa shape index (κ1) is 32.7. The van der Waals surface area contributed by atoms with Crippen LogP contribution in [0.3, 0.4) is 0 Å². The third-order valence-electron chi connectivity index (χ3n) is 9.21. The Kier molecular flexibility index (Phi) is 8.02. The molecule has 2 unspecified atom stereocenters. The maximum absolute atomic E-state index is 13.7. The van der Waals surface area contributed by atoms with Gasteiger partial charge >= 0.3 is 5.97 Å². The predicted molar refractivity (Wildman–Crippen MR) is 187 cm³/mol. The Labute approximate surface area is 279 Å². The van der Waals surface area contributed by atoms with Gasteiger partial charge in [0.05, 0.1) is 23.0 Å². The third kappa shape index (κ3) is 5.99. The van der Waals surface area contributed by atoms with Crippen molar-refractivity contribution in [3.05, 3.63) is 106 Å². The lowest BCUT2D eigenvalue weighted by atomic mass is 9.78. The number of para-hydroxylation sites is 1. The van der Waals surface area contributed by atoms with Crippen molar-refractivity contribution in [2.24, 2.45) is 10.9 Å². The zero-order valence-corrected chi connectivity index (χ0v) is 28.0. The number of phenols is 1. The minimum Gasteiger partial charge on any atom is -0.862 e. The number of carboxylic acid groups (broad SMARTS) is 1. The van der Waals surface area contributed by atoms with E-state index in [2.05, 4.69) is 51.9 Å². The van der Waals surface area contributed by atoms with E-state index in [0.29, 0.717) is 39.9 Å². The van der Waals surface area contributed by atoms with E-state index < -0.39 is 17.9 Å². The fraction of sp³-hybridized carbons (Fsp3) is 0.300. The van der Waals surface area contributed by atoms with Gasteiger partial charge in [0.1, 0.15) is 11.7 Å². The van der Waals surface area contributed by atoms with Gasteiger partial charge in [-0.1, -0.05) is 84.0 Å². The van der Waals surface area contributed by atoms with Crippen LogP contribution in [0.15, 0.2) is 71.7 Å². The third-order valence-corrected chi connectivity index (χ3v) is 9.21. The van der Waals surface area contributed by atoms with Crippen LogP contribution in [-0.2, 0) is 17.3 Å². The Hall–Kier alpha value is -5.24. The number of Topliss-reactive ketones (excluding diaryl/α,β-unsaturated/α-hetero) is 2. The van der Waals surface area contributed by atoms with Crippen molar-refractivity contribution < 1.29 is 29.7 Å². The van der Waals surface area contributed by atoms with Crippen molar-refractivity contribution in [1.29, 1.82) is 0 Å². The summed E-state index contributed by atoms with van der Waals surface area (Å²) in [4.78, 5) is 43.2. The quantitative estimate of drug-likeness (QED) is 0.113. The highest BCUT2D eigenvalue weighted by Gasteiger charge is 2.43. The first-order valence-electron chi connectivity index (χ1n) is 16.1. The molecule has 4 aromatic rings. The molecule has 0 aromatic heterocycles. The number of carboxylic acids is 1. The van der Waals surface area contributed by atoms with E-state index in [1.807, 2.05) is 24.3 Å². The lowest BCUT2D eigenvalue weighted by Crippen LogP contribution is -2.36. The Morgan fingerprint density at radius 2 is 1.50 bits per heavy atom. The highest BCUT2D eigenvalue weighted by Crippen LogP contribution is 2.41. The number of hydrogen-bond acceptors (Lipinski definition) is 7. The Bertz CT molecular complexity index is 2040. The second kappa shape index (κ2) is 11.8. The molecule has 0 radical (unpaired) electrons. The molecule has 48 heavy (non-hydrogen) atoms. The Morgan fingerprint density at radius 1 is 0.875 bits per heavy atom. The Morgan fingerprint density at radius 3 is 2.10 bits per heavy atom. The minimum absolute atomic E-state index is 0.0995. The number of nitrogens with one attached hydrogen (secondary N) is 1. The maximum Gasteiger partial charge on any atom is 0.335 e. The van der Waals surface area contributed by atoms with E-state index in [1.165, 1.54) is 12.1 Å². The van der Waals surface area contributed by atoms with Gasteiger partial charge in [0.15, 0.2) is 11.6 Å². The summed E-state index contributed by atoms with van der Waals surface area (Å²) < 4.78 is 0. The molecule has 0 saturated carbocycles. The van der Waals surface area contributed by atoms with Crippen LogP contribution >= 0.6 is 0 Å². The number of aromatic carboxylic acids is 1. The van der Waals surface area contributed by atoms with E-state index >= 15 is 0 Å². The van der Waals surface area contributed by atoms with Crippen molar-refractivity contribution in [1.82, 2.24) is 0 Å². The summed E-state index contributed by atoms with van der Waals surface area (Å²) in [5.41, 5.74) is 4.52. The van der Waals surface area contributed by atoms with E-state index in [1.54, 1.807) is 36.4 Å². The summed E-state index contributed by atoms with van der Waals surface area (Å²) in [6, 6.07) is 16.5. The highest BCUT2D eigenvalue weighted by molar-refractivity contribution is 6.28. The molecule has 1 aliphatic heterocycles. The lowest BCUT2D eigenvalue weighted by molar-refractivity contribution is -0.218. The second-order valence-corrected chi connectivity index (χ2v) is 14.8. The van der Waals surface area contributed by atoms with Crippen molar-refractivity contribution >= 4 is 51.7 Å². The van der Waals surface area contributed by atoms with Crippen molar-refractivity contribution in [3.8, 4) is 5.75 Å². The number of aromatic hydroxyl groups is 1. The van der Waals surface area contributed by atoms with Gasteiger partial charge in [-0.25, -0.2) is 4.79 Å². The predicted octanol–water partition coefficient (Wildman–Crippen LogP) is 7.36. The largest absolute Gasteiger partial charge is 0.862 e. The molecule has 8 nitrogen and oxygen atoms in total. The zero-order valence-electron chi connectivity index (χ0n) is 28.0. The average molecular weight is 644 g/mol. The zero-order chi connectivity index (χ0) is 34.7. The van der Waals surface area contributed by atoms with Crippen LogP contribution in [-0.4, -0.2) is 39.7 Å². The number of hydrogen-bond donors (Lipinski definition) is 3. The normalized spacial score (nSPS) is 17.8. The maximum atomic E-state index is 13.7. The van der Waals surface area contributed by atoms with Crippen LogP contribution in [0, 0.1) is 5.92 Å². The van der Waals surface area contributed by atoms with E-state index in [4.69, 9.17) is 0 Å². The van der Waals surface area contributed by atoms with Gasteiger partial charge in [0.2, 0.25) is 0 Å². The molecule has 2 atom stereocenters. The molecule has 6 rings (SSSR count). The van der Waals surface area contributed by atoms with E-state index in [0.717, 1.165) is 22.3 Å². The molecule has 246 valence electrons. The number of aryl methyl sites for hydroxylation is 1. The fourth-order valence-electron chi connectivity index (χ4n) is 6.61. The van der Waals surface area contributed by atoms with Crippen molar-refractivity contribution in [2.45, 2.75) is 71.3 Å². The molecule has 0 amide bonds. The number of ketones is 2. The second-order valence-electron chi connectivity index (χ2n) is 14.8. The summed E-state index contributed by atoms with van der Waals surface area (Å²) in [7, 11) is 0. The van der Waals surface area contributed by atoms with E-state index in [9.17, 15) is 29.7 Å². The smallest absolute Gasteiger partial charge is 0.335 e. The molecule has 1 aliphatic carbocycles. The number of phenolic OH excluding ortho intramolecular Hbond substituents is 1. The molecule has 3 N–H and O–H groups in total. The average Bonchev–Trinajstić information content (AvgIpc) is 3.26. The number of anilines is 1. The molecule has 2 aliphatic rings. The van der Waals surface area contributed by atoms with Gasteiger partial charge < -0.3 is 20.6 Å². The van der Waals surface area contributed by atoms with E-state index in [-0.39, 0.29) is 45.8 Å². The molecule has 8 heteroatoms. The number of nitrogens with zero attached hydrogens (tertiary/aromatic N) is 1. The summed E-state index contributed by atoms with van der Waals surface area (Å²) >= 11 is 0. The number of aliphatic imine (C=N–C) groups is 1. The van der Waals surface area contributed by atoms with Crippen LogP contribution in [0.4, 0.5) is 11.4 Å². The van der Waals surface area contributed by atoms with Gasteiger partial charge in [-0.15, -0.1) is 0 Å². The molecule has 1 heterocycles. The highest BCUT2D eigenvalue weighted by atomic mass is 16.4. The number of carbonyl (C=O) groups is 3. The first-order chi connectivity index (χ1) is 22.5. The van der Waals surface area contributed by atoms with Gasteiger partial charge in [-0.2, -0.15) is 0 Å². The molecular weight excluding hydrogens is 604 g/mol. The molecular formula is C40H39N2O6-. The van der Waals surface area contributed by atoms with Gasteiger partial charge in [-0.05, 0) is 92.9 Å². The number of benzene rings is 4. The van der Waals surface area contributed by atoms with Gasteiger partial charge in [0, 0.05) is 11.1 Å². The minimum atomic E-state index is -1.07. The number of fused-ring (bicyclic) bond motifs is 3. The van der Waals surface area contributed by atoms with Crippen molar-refractivity contribution in [3.63, 3.8) is 0 Å². The first-order valence-corrected chi connectivity index (χ1v) is 16.1. The summed E-state index contributed by atoms with van der Waals surface area (Å²) in [6.07, 6.45) is 4.23. The van der Waals surface area contributed by atoms with Crippen LogP contribution in [0.2, 0.25) is 0 Å². The Balaban J connectivity index is 1.24. The summed E-state index contributed by atoms with van der Waals surface area (Å²) in [5.74, 6) is -2.76. The number of carbonyl (C=O) groups excluding carboxylic acids is 2. The van der Waals surface area contributed by atoms with Crippen LogP contribution in [0.25, 0.3) is 16.8 Å². The summed E-state index contributed by atoms with van der Waals surface area (Å²) in [6.45, 7) is 12.3. The van der Waals surface area contributed by atoms with Gasteiger partial charge in [0.25, 0.3) is 0 Å². The molecule has 4 aromatic carbocycles. The van der Waals surface area contributed by atoms with Crippen LogP contribution in [0.1, 0.15) is 101 Å². The lowest BCUT2D eigenvalue weighted by Gasteiger charge is -2.28. The summed E-state index contributed by atoms with van der Waals surface area (Å²) in [5, 5.41) is 38.3. The monoisotopic (exact) mass is 643 g/mol. The van der Waals surface area contributed by atoms with Crippen LogP contribution in [0.5, 0.6) is 5.75 Å². The number of rotatable bonds is 6. The standard InChI is InChI=1S/C40H40N2O6/c1-39(2,3)28-16-21(17-29(37(28)46)40(4,5)6)10-15-32(43)41-31-9-7-8-22-13-14-30(42-34(22)31)33-35(44)26-19-23-11-12-24(38(47)48)18-25(23)20-27(26)36(33)45/h7-9,11-14,16-20,30,33,42,46H,10,15H2,1-6H3,(H,41,43)(H,47,48)/p-1. The SMILES string of the molecule is CC(C)(C)c1cc(CCC([O-])=Nc2cccc3c2NC(C2C(=O)c4cc5ccc(C(=O)O)cc5cc4C2=O)C=C3)cc(C(C)(C)C)c1O.